The van der Waals surface area contributed by atoms with Gasteiger partial charge in [0.05, 0.1) is 5.69 Å². The first-order chi connectivity index (χ1) is 7.22. The highest BCUT2D eigenvalue weighted by Gasteiger charge is 1.92. The van der Waals surface area contributed by atoms with Crippen LogP contribution in [0, 0.1) is 11.8 Å². The van der Waals surface area contributed by atoms with E-state index < -0.39 is 0 Å². The molecule has 1 amide bonds. The van der Waals surface area contributed by atoms with Crippen molar-refractivity contribution in [2.75, 3.05) is 6.54 Å². The Morgan fingerprint density at radius 1 is 1.67 bits per heavy atom. The lowest BCUT2D eigenvalue weighted by Gasteiger charge is -1.94. The van der Waals surface area contributed by atoms with Crippen LogP contribution in [0.4, 0.5) is 0 Å². The molecule has 0 aromatic carbocycles. The Kier molecular flexibility index (Phi) is 4.17. The third-order valence-electron chi connectivity index (χ3n) is 1.69. The van der Waals surface area contributed by atoms with Crippen LogP contribution in [0.5, 0.6) is 0 Å². The molecule has 0 aliphatic heterocycles. The van der Waals surface area contributed by atoms with Crippen LogP contribution in [-0.2, 0) is 4.79 Å². The summed E-state index contributed by atoms with van der Waals surface area (Å²) in [5.41, 5.74) is 1.29. The van der Waals surface area contributed by atoms with E-state index in [1.54, 1.807) is 12.3 Å². The largest absolute Gasteiger partial charge is 0.358 e. The number of hydrogen-bond acceptors (Lipinski definition) is 2. The second-order valence-corrected chi connectivity index (χ2v) is 3.00. The van der Waals surface area contributed by atoms with E-state index in [1.807, 2.05) is 0 Å². The standard InChI is InChI=1S/C11H12N2O2/c1-9(15)12-5-3-2-4-10-6-11(8-14)13-7-10/h6-8,13H,3,5H2,1H3,(H,12,15). The van der Waals surface area contributed by atoms with Crippen LogP contribution in [0.25, 0.3) is 0 Å². The van der Waals surface area contributed by atoms with E-state index in [2.05, 4.69) is 22.1 Å². The lowest BCUT2D eigenvalue weighted by Crippen LogP contribution is -2.20. The first kappa shape index (κ1) is 11.1. The van der Waals surface area contributed by atoms with Crippen LogP contribution in [0.1, 0.15) is 29.4 Å². The van der Waals surface area contributed by atoms with Crippen LogP contribution in [-0.4, -0.2) is 23.7 Å². The molecule has 0 spiro atoms. The SMILES string of the molecule is CC(=O)NCCC#Cc1c[nH]c(C=O)c1. The average molecular weight is 204 g/mol. The lowest BCUT2D eigenvalue weighted by atomic mass is 10.3. The number of amides is 1. The molecule has 0 saturated heterocycles. The van der Waals surface area contributed by atoms with E-state index >= 15 is 0 Å². The number of carbonyl (C=O) groups excluding carboxylic acids is 2. The third-order valence-corrected chi connectivity index (χ3v) is 1.69. The highest BCUT2D eigenvalue weighted by atomic mass is 16.1. The molecule has 0 atom stereocenters. The minimum atomic E-state index is -0.0540. The van der Waals surface area contributed by atoms with Crippen LogP contribution in [0.15, 0.2) is 12.3 Å². The molecule has 0 aliphatic carbocycles. The Morgan fingerprint density at radius 3 is 3.07 bits per heavy atom. The van der Waals surface area contributed by atoms with Gasteiger partial charge in [-0.2, -0.15) is 0 Å². The van der Waals surface area contributed by atoms with Crippen LogP contribution in [0.2, 0.25) is 0 Å². The second kappa shape index (κ2) is 5.66. The van der Waals surface area contributed by atoms with E-state index in [-0.39, 0.29) is 5.91 Å². The van der Waals surface area contributed by atoms with E-state index in [0.717, 1.165) is 11.8 Å². The molecule has 1 rings (SSSR count). The Bertz CT molecular complexity index is 410. The maximum Gasteiger partial charge on any atom is 0.216 e. The Labute approximate surface area is 88.1 Å². The molecule has 1 heterocycles. The fraction of sp³-hybridized carbons (Fsp3) is 0.273. The molecule has 15 heavy (non-hydrogen) atoms. The highest BCUT2D eigenvalue weighted by Crippen LogP contribution is 1.98. The summed E-state index contributed by atoms with van der Waals surface area (Å²) < 4.78 is 0. The zero-order valence-corrected chi connectivity index (χ0v) is 8.46. The Morgan fingerprint density at radius 2 is 2.47 bits per heavy atom. The zero-order valence-electron chi connectivity index (χ0n) is 8.46. The summed E-state index contributed by atoms with van der Waals surface area (Å²) in [5, 5.41) is 2.64. The molecule has 1 aromatic rings. The average Bonchev–Trinajstić information content (AvgIpc) is 2.65. The van der Waals surface area contributed by atoms with Crippen molar-refractivity contribution in [2.24, 2.45) is 0 Å². The van der Waals surface area contributed by atoms with E-state index in [4.69, 9.17) is 0 Å². The van der Waals surface area contributed by atoms with Gasteiger partial charge < -0.3 is 10.3 Å². The fourth-order valence-corrected chi connectivity index (χ4v) is 1.02. The van der Waals surface area contributed by atoms with Gasteiger partial charge in [-0.3, -0.25) is 9.59 Å². The summed E-state index contributed by atoms with van der Waals surface area (Å²) in [6.07, 6.45) is 3.01. The summed E-state index contributed by atoms with van der Waals surface area (Å²) in [6.45, 7) is 2.02. The van der Waals surface area contributed by atoms with Crippen LogP contribution < -0.4 is 5.32 Å². The topological polar surface area (TPSA) is 62.0 Å². The Hall–Kier alpha value is -2.02. The molecule has 0 unspecified atom stereocenters. The van der Waals surface area contributed by atoms with Gasteiger partial charge in [-0.05, 0) is 6.07 Å². The van der Waals surface area contributed by atoms with Gasteiger partial charge in [0.15, 0.2) is 6.29 Å². The summed E-state index contributed by atoms with van der Waals surface area (Å²) in [7, 11) is 0. The maximum absolute atomic E-state index is 10.5. The van der Waals surface area contributed by atoms with Crippen molar-refractivity contribution < 1.29 is 9.59 Å². The van der Waals surface area contributed by atoms with E-state index in [9.17, 15) is 9.59 Å². The predicted octanol–water partition coefficient (Wildman–Crippen LogP) is 0.705. The smallest absolute Gasteiger partial charge is 0.216 e. The first-order valence-corrected chi connectivity index (χ1v) is 4.59. The van der Waals surface area contributed by atoms with Crippen molar-refractivity contribution in [3.63, 3.8) is 0 Å². The summed E-state index contributed by atoms with van der Waals surface area (Å²) in [6, 6.07) is 1.68. The van der Waals surface area contributed by atoms with Crippen molar-refractivity contribution in [1.29, 1.82) is 0 Å². The Balaban J connectivity index is 2.37. The number of aldehydes is 1. The van der Waals surface area contributed by atoms with Gasteiger partial charge in [-0.15, -0.1) is 0 Å². The molecular weight excluding hydrogens is 192 g/mol. The van der Waals surface area contributed by atoms with Crippen molar-refractivity contribution in [3.8, 4) is 11.8 Å². The van der Waals surface area contributed by atoms with Crippen molar-refractivity contribution in [1.82, 2.24) is 10.3 Å². The van der Waals surface area contributed by atoms with Crippen LogP contribution in [0.3, 0.4) is 0 Å². The molecule has 4 heteroatoms. The number of hydrogen-bond donors (Lipinski definition) is 2. The maximum atomic E-state index is 10.5. The van der Waals surface area contributed by atoms with Gasteiger partial charge in [0, 0.05) is 31.6 Å². The minimum Gasteiger partial charge on any atom is -0.358 e. The van der Waals surface area contributed by atoms with Gasteiger partial charge in [0.2, 0.25) is 5.91 Å². The number of nitrogens with one attached hydrogen (secondary N) is 2. The van der Waals surface area contributed by atoms with Gasteiger partial charge in [0.25, 0.3) is 0 Å². The number of carbonyl (C=O) groups is 2. The summed E-state index contributed by atoms with van der Waals surface area (Å²) in [4.78, 5) is 23.6. The monoisotopic (exact) mass is 204 g/mol. The third kappa shape index (κ3) is 4.14. The normalized spacial score (nSPS) is 8.87. The fourth-order valence-electron chi connectivity index (χ4n) is 1.02. The van der Waals surface area contributed by atoms with E-state index in [1.165, 1.54) is 6.92 Å². The molecule has 1 aromatic heterocycles. The molecule has 0 saturated carbocycles. The molecule has 0 bridgehead atoms. The van der Waals surface area contributed by atoms with Crippen LogP contribution >= 0.6 is 0 Å². The van der Waals surface area contributed by atoms with Gasteiger partial charge in [-0.1, -0.05) is 11.8 Å². The van der Waals surface area contributed by atoms with Crippen molar-refractivity contribution in [3.05, 3.63) is 23.5 Å². The lowest BCUT2D eigenvalue weighted by molar-refractivity contribution is -0.118. The number of aromatic amines is 1. The summed E-state index contributed by atoms with van der Waals surface area (Å²) >= 11 is 0. The molecule has 0 fully saturated rings. The highest BCUT2D eigenvalue weighted by molar-refractivity contribution is 5.73. The number of H-pyrrole nitrogens is 1. The molecule has 2 N–H and O–H groups in total. The second-order valence-electron chi connectivity index (χ2n) is 3.00. The molecular formula is C11H12N2O2. The number of rotatable bonds is 3. The minimum absolute atomic E-state index is 0.0540. The summed E-state index contributed by atoms with van der Waals surface area (Å²) in [5.74, 6) is 5.72. The quantitative estimate of drug-likeness (QED) is 0.432. The van der Waals surface area contributed by atoms with Crippen molar-refractivity contribution in [2.45, 2.75) is 13.3 Å². The molecule has 0 radical (unpaired) electrons. The van der Waals surface area contributed by atoms with Gasteiger partial charge >= 0.3 is 0 Å². The van der Waals surface area contributed by atoms with Crippen molar-refractivity contribution >= 4 is 12.2 Å². The van der Waals surface area contributed by atoms with E-state index in [0.29, 0.717) is 18.7 Å². The van der Waals surface area contributed by atoms with Gasteiger partial charge in [0.1, 0.15) is 0 Å². The van der Waals surface area contributed by atoms with Gasteiger partial charge in [-0.25, -0.2) is 0 Å². The predicted molar refractivity (Wildman–Crippen MR) is 56.4 cm³/mol. The first-order valence-electron chi connectivity index (χ1n) is 4.59. The number of aromatic nitrogens is 1. The molecule has 78 valence electrons. The zero-order chi connectivity index (χ0) is 11.1. The molecule has 0 aliphatic rings. The molecule has 4 nitrogen and oxygen atoms in total.